The fourth-order valence-electron chi connectivity index (χ4n) is 3.35. The van der Waals surface area contributed by atoms with Gasteiger partial charge in [0.1, 0.15) is 0 Å². The second kappa shape index (κ2) is 6.26. The molecule has 2 atom stereocenters. The highest BCUT2D eigenvalue weighted by molar-refractivity contribution is 6.30. The number of hydrogen-bond acceptors (Lipinski definition) is 3. The van der Waals surface area contributed by atoms with Crippen LogP contribution >= 0.6 is 11.6 Å². The highest BCUT2D eigenvalue weighted by atomic mass is 35.5. The quantitative estimate of drug-likeness (QED) is 0.920. The molecule has 22 heavy (non-hydrogen) atoms. The molecule has 0 radical (unpaired) electrons. The summed E-state index contributed by atoms with van der Waals surface area (Å²) in [5, 5.41) is 0.630. The average Bonchev–Trinajstić information content (AvgIpc) is 3.14. The van der Waals surface area contributed by atoms with Crippen LogP contribution < -0.4 is 10.6 Å². The van der Waals surface area contributed by atoms with Gasteiger partial charge in [-0.05, 0) is 37.1 Å². The summed E-state index contributed by atoms with van der Waals surface area (Å²) in [6.45, 7) is 1.69. The van der Waals surface area contributed by atoms with Gasteiger partial charge >= 0.3 is 0 Å². The van der Waals surface area contributed by atoms with Gasteiger partial charge in [-0.15, -0.1) is 0 Å². The molecule has 0 saturated carbocycles. The predicted molar refractivity (Wildman–Crippen MR) is 85.7 cm³/mol. The van der Waals surface area contributed by atoms with Crippen LogP contribution in [-0.4, -0.2) is 42.4 Å². The molecule has 2 aliphatic heterocycles. The molecule has 2 amide bonds. The van der Waals surface area contributed by atoms with Crippen LogP contribution in [0.1, 0.15) is 19.3 Å². The number of benzene rings is 1. The number of anilines is 1. The monoisotopic (exact) mass is 321 g/mol. The van der Waals surface area contributed by atoms with Crippen molar-refractivity contribution in [3.8, 4) is 0 Å². The highest BCUT2D eigenvalue weighted by Gasteiger charge is 2.39. The lowest BCUT2D eigenvalue weighted by atomic mass is 10.1. The smallest absolute Gasteiger partial charge is 0.228 e. The molecule has 2 fully saturated rings. The zero-order valence-corrected chi connectivity index (χ0v) is 13.1. The third kappa shape index (κ3) is 2.83. The lowest BCUT2D eigenvalue weighted by Crippen LogP contribution is -2.43. The molecule has 2 aliphatic rings. The molecule has 0 aromatic heterocycles. The summed E-state index contributed by atoms with van der Waals surface area (Å²) in [6, 6.07) is 7.26. The molecular formula is C16H20ClN3O2. The molecule has 6 heteroatoms. The Labute approximate surface area is 135 Å². The Morgan fingerprint density at radius 1 is 1.32 bits per heavy atom. The Morgan fingerprint density at radius 2 is 2.05 bits per heavy atom. The Kier molecular flexibility index (Phi) is 4.36. The zero-order chi connectivity index (χ0) is 15.7. The summed E-state index contributed by atoms with van der Waals surface area (Å²) in [4.78, 5) is 28.4. The van der Waals surface area contributed by atoms with Crippen molar-refractivity contribution in [1.29, 1.82) is 0 Å². The van der Waals surface area contributed by atoms with Gasteiger partial charge in [0.15, 0.2) is 0 Å². The van der Waals surface area contributed by atoms with E-state index in [9.17, 15) is 9.59 Å². The number of carbonyl (C=O) groups is 2. The molecule has 0 bridgehead atoms. The van der Waals surface area contributed by atoms with Crippen molar-refractivity contribution in [3.05, 3.63) is 29.3 Å². The molecule has 2 heterocycles. The van der Waals surface area contributed by atoms with E-state index in [1.165, 1.54) is 0 Å². The van der Waals surface area contributed by atoms with E-state index < -0.39 is 0 Å². The van der Waals surface area contributed by atoms with E-state index in [0.29, 0.717) is 18.1 Å². The first-order valence-electron chi connectivity index (χ1n) is 7.66. The second-order valence-electron chi connectivity index (χ2n) is 5.95. The molecule has 0 spiro atoms. The minimum Gasteiger partial charge on any atom is -0.338 e. The summed E-state index contributed by atoms with van der Waals surface area (Å²) >= 11 is 5.88. The van der Waals surface area contributed by atoms with E-state index in [2.05, 4.69) is 0 Å². The number of carbonyl (C=O) groups excluding carboxylic acids is 2. The highest BCUT2D eigenvalue weighted by Crippen LogP contribution is 2.29. The minimum absolute atomic E-state index is 0.0100. The van der Waals surface area contributed by atoms with Crippen LogP contribution in [0.4, 0.5) is 5.69 Å². The van der Waals surface area contributed by atoms with Crippen LogP contribution in [-0.2, 0) is 9.59 Å². The second-order valence-corrected chi connectivity index (χ2v) is 6.38. The molecule has 5 nitrogen and oxygen atoms in total. The van der Waals surface area contributed by atoms with E-state index in [1.807, 2.05) is 17.0 Å². The zero-order valence-electron chi connectivity index (χ0n) is 12.4. The average molecular weight is 322 g/mol. The minimum atomic E-state index is -0.268. The first-order chi connectivity index (χ1) is 10.6. The molecule has 2 unspecified atom stereocenters. The molecule has 2 N–H and O–H groups in total. The van der Waals surface area contributed by atoms with E-state index in [1.54, 1.807) is 17.0 Å². The molecule has 1 aromatic rings. The molecule has 118 valence electrons. The maximum absolute atomic E-state index is 12.7. The third-order valence-corrected chi connectivity index (χ3v) is 4.80. The number of likely N-dealkylation sites (tertiary alicyclic amines) is 1. The van der Waals surface area contributed by atoms with Gasteiger partial charge in [0.05, 0.1) is 5.92 Å². The van der Waals surface area contributed by atoms with Gasteiger partial charge in [0.25, 0.3) is 0 Å². The Morgan fingerprint density at radius 3 is 2.73 bits per heavy atom. The number of rotatable bonds is 3. The van der Waals surface area contributed by atoms with Crippen molar-refractivity contribution >= 4 is 29.1 Å². The Bertz CT molecular complexity index is 575. The largest absolute Gasteiger partial charge is 0.338 e. The maximum atomic E-state index is 12.7. The summed E-state index contributed by atoms with van der Waals surface area (Å²) < 4.78 is 0. The molecule has 1 aromatic carbocycles. The summed E-state index contributed by atoms with van der Waals surface area (Å²) in [5.74, 6) is -0.211. The molecule has 0 aliphatic carbocycles. The van der Waals surface area contributed by atoms with Gasteiger partial charge in [0, 0.05) is 42.8 Å². The number of nitrogens with zero attached hydrogens (tertiary/aromatic N) is 2. The number of hydrogen-bond donors (Lipinski definition) is 1. The van der Waals surface area contributed by atoms with E-state index >= 15 is 0 Å². The van der Waals surface area contributed by atoms with Crippen molar-refractivity contribution in [2.24, 2.45) is 11.7 Å². The third-order valence-electron chi connectivity index (χ3n) is 4.54. The summed E-state index contributed by atoms with van der Waals surface area (Å²) in [6.07, 6.45) is 2.23. The van der Waals surface area contributed by atoms with E-state index in [4.69, 9.17) is 17.3 Å². The van der Waals surface area contributed by atoms with Crippen LogP contribution in [0, 0.1) is 5.92 Å². The van der Waals surface area contributed by atoms with E-state index in [-0.39, 0.29) is 30.2 Å². The fourth-order valence-corrected chi connectivity index (χ4v) is 3.47. The predicted octanol–water partition coefficient (Wildman–Crippen LogP) is 1.64. The van der Waals surface area contributed by atoms with Crippen molar-refractivity contribution in [2.75, 3.05) is 24.5 Å². The van der Waals surface area contributed by atoms with Crippen LogP contribution in [0.15, 0.2) is 24.3 Å². The van der Waals surface area contributed by atoms with Crippen molar-refractivity contribution < 1.29 is 9.59 Å². The summed E-state index contributed by atoms with van der Waals surface area (Å²) in [5.41, 5.74) is 6.53. The van der Waals surface area contributed by atoms with Gasteiger partial charge in [-0.3, -0.25) is 9.59 Å². The lowest BCUT2D eigenvalue weighted by Gasteiger charge is -2.26. The van der Waals surface area contributed by atoms with Crippen LogP contribution in [0.5, 0.6) is 0 Å². The Hall–Kier alpha value is -1.59. The first-order valence-corrected chi connectivity index (χ1v) is 8.04. The Balaban J connectivity index is 1.71. The molecule has 3 rings (SSSR count). The molecular weight excluding hydrogens is 302 g/mol. The van der Waals surface area contributed by atoms with Gasteiger partial charge in [-0.25, -0.2) is 0 Å². The first kappa shape index (κ1) is 15.3. The maximum Gasteiger partial charge on any atom is 0.228 e. The lowest BCUT2D eigenvalue weighted by molar-refractivity contribution is -0.136. The van der Waals surface area contributed by atoms with E-state index in [0.717, 1.165) is 25.1 Å². The topological polar surface area (TPSA) is 66.6 Å². The SMILES string of the molecule is NCC1CCCN1C(=O)C1CC(=O)N(c2ccc(Cl)cc2)C1. The fraction of sp³-hybridized carbons (Fsp3) is 0.500. The normalized spacial score (nSPS) is 25.1. The van der Waals surface area contributed by atoms with Crippen molar-refractivity contribution in [2.45, 2.75) is 25.3 Å². The van der Waals surface area contributed by atoms with Gasteiger partial charge in [-0.2, -0.15) is 0 Å². The van der Waals surface area contributed by atoms with Gasteiger partial charge < -0.3 is 15.5 Å². The van der Waals surface area contributed by atoms with Gasteiger partial charge in [-0.1, -0.05) is 11.6 Å². The summed E-state index contributed by atoms with van der Waals surface area (Å²) in [7, 11) is 0. The number of nitrogens with two attached hydrogens (primary N) is 1. The number of halogens is 1. The van der Waals surface area contributed by atoms with Crippen LogP contribution in [0.2, 0.25) is 5.02 Å². The van der Waals surface area contributed by atoms with Crippen molar-refractivity contribution in [1.82, 2.24) is 4.90 Å². The van der Waals surface area contributed by atoms with Crippen LogP contribution in [0.25, 0.3) is 0 Å². The number of amides is 2. The standard InChI is InChI=1S/C16H20ClN3O2/c17-12-3-5-13(6-4-12)20-10-11(8-15(20)21)16(22)19-7-1-2-14(19)9-18/h3-6,11,14H,1-2,7-10,18H2. The molecule has 2 saturated heterocycles. The van der Waals surface area contributed by atoms with Crippen LogP contribution in [0.3, 0.4) is 0 Å². The van der Waals surface area contributed by atoms with Crippen molar-refractivity contribution in [3.63, 3.8) is 0 Å². The van der Waals surface area contributed by atoms with Gasteiger partial charge in [0.2, 0.25) is 11.8 Å².